The highest BCUT2D eigenvalue weighted by atomic mass is 35.5. The van der Waals surface area contributed by atoms with Gasteiger partial charge in [-0.15, -0.1) is 0 Å². The van der Waals surface area contributed by atoms with E-state index < -0.39 is 0 Å². The highest BCUT2D eigenvalue weighted by Crippen LogP contribution is 2.58. The largest absolute Gasteiger partial charge is 0.323 e. The number of aryl methyl sites for hydroxylation is 1. The van der Waals surface area contributed by atoms with E-state index in [4.69, 9.17) is 11.6 Å². The lowest BCUT2D eigenvalue weighted by molar-refractivity contribution is -0.118. The molecule has 1 aromatic heterocycles. The number of nitrogens with zero attached hydrogens (tertiary/aromatic N) is 1. The Kier molecular flexibility index (Phi) is 3.23. The van der Waals surface area contributed by atoms with Crippen molar-refractivity contribution in [1.82, 2.24) is 10.3 Å². The summed E-state index contributed by atoms with van der Waals surface area (Å²) in [7, 11) is 0. The molecule has 1 aromatic rings. The molecule has 0 aromatic carbocycles. The maximum absolute atomic E-state index is 12.3. The Hall–Kier alpha value is -1.13. The molecular formula is C14H18ClN3O. The van der Waals surface area contributed by atoms with Gasteiger partial charge in [0.05, 0.1) is 5.69 Å². The van der Waals surface area contributed by atoms with Crippen LogP contribution in [0.2, 0.25) is 5.15 Å². The zero-order chi connectivity index (χ0) is 13.5. The average Bonchev–Trinajstić information content (AvgIpc) is 3.08. The van der Waals surface area contributed by atoms with Gasteiger partial charge in [0.25, 0.3) is 0 Å². The van der Waals surface area contributed by atoms with Crippen molar-refractivity contribution in [2.75, 3.05) is 18.4 Å². The minimum atomic E-state index is 0.0971. The second-order valence-corrected chi connectivity index (χ2v) is 6.01. The number of piperidine rings is 1. The van der Waals surface area contributed by atoms with Gasteiger partial charge in [-0.2, -0.15) is 0 Å². The van der Waals surface area contributed by atoms with E-state index in [1.807, 2.05) is 13.0 Å². The van der Waals surface area contributed by atoms with Gasteiger partial charge in [-0.1, -0.05) is 11.6 Å². The maximum atomic E-state index is 12.3. The van der Waals surface area contributed by atoms with E-state index in [0.29, 0.717) is 10.8 Å². The quantitative estimate of drug-likeness (QED) is 0.817. The Morgan fingerprint density at radius 3 is 2.95 bits per heavy atom. The van der Waals surface area contributed by atoms with Crippen LogP contribution in [0.25, 0.3) is 0 Å². The summed E-state index contributed by atoms with van der Waals surface area (Å²) in [6, 6.07) is 1.86. The van der Waals surface area contributed by atoms with Crippen LogP contribution in [0, 0.1) is 18.3 Å². The Balaban J connectivity index is 1.70. The fourth-order valence-electron chi connectivity index (χ4n) is 3.08. The molecule has 0 bridgehead atoms. The number of halogens is 1. The van der Waals surface area contributed by atoms with Crippen molar-refractivity contribution in [2.45, 2.75) is 26.2 Å². The number of hydrogen-bond acceptors (Lipinski definition) is 3. The highest BCUT2D eigenvalue weighted by Gasteiger charge is 2.57. The van der Waals surface area contributed by atoms with Crippen molar-refractivity contribution in [2.24, 2.45) is 11.3 Å². The van der Waals surface area contributed by atoms with Crippen molar-refractivity contribution < 1.29 is 4.79 Å². The smallest absolute Gasteiger partial charge is 0.228 e. The molecule has 2 N–H and O–H groups in total. The molecule has 2 fully saturated rings. The number of carbonyl (C=O) groups excluding carboxylic acids is 1. The molecule has 4 nitrogen and oxygen atoms in total. The van der Waals surface area contributed by atoms with Crippen LogP contribution in [0.4, 0.5) is 5.69 Å². The lowest BCUT2D eigenvalue weighted by atomic mass is 9.92. The molecule has 3 rings (SSSR count). The zero-order valence-corrected chi connectivity index (χ0v) is 11.8. The van der Waals surface area contributed by atoms with Crippen molar-refractivity contribution >= 4 is 23.2 Å². The first-order chi connectivity index (χ1) is 9.12. The number of anilines is 1. The summed E-state index contributed by atoms with van der Waals surface area (Å²) in [6.45, 7) is 3.98. The van der Waals surface area contributed by atoms with Crippen LogP contribution in [-0.4, -0.2) is 24.0 Å². The van der Waals surface area contributed by atoms with Crippen molar-refractivity contribution in [1.29, 1.82) is 0 Å². The molecule has 1 saturated carbocycles. The molecule has 0 radical (unpaired) electrons. The van der Waals surface area contributed by atoms with Gasteiger partial charge in [-0.3, -0.25) is 4.79 Å². The summed E-state index contributed by atoms with van der Waals surface area (Å²) in [5, 5.41) is 6.67. The second-order valence-electron chi connectivity index (χ2n) is 5.65. The summed E-state index contributed by atoms with van der Waals surface area (Å²) in [6.07, 6.45) is 4.87. The second kappa shape index (κ2) is 4.76. The molecule has 1 unspecified atom stereocenters. The molecule has 2 heterocycles. The number of carbonyl (C=O) groups is 1. The fourth-order valence-corrected chi connectivity index (χ4v) is 3.33. The number of aromatic nitrogens is 1. The first-order valence-electron chi connectivity index (χ1n) is 6.75. The first-order valence-corrected chi connectivity index (χ1v) is 7.13. The summed E-state index contributed by atoms with van der Waals surface area (Å²) in [5.74, 6) is 0.241. The Labute approximate surface area is 117 Å². The lowest BCUT2D eigenvalue weighted by Gasteiger charge is -2.23. The van der Waals surface area contributed by atoms with Crippen LogP contribution in [0.15, 0.2) is 12.3 Å². The van der Waals surface area contributed by atoms with Crippen molar-refractivity contribution in [3.8, 4) is 0 Å². The van der Waals surface area contributed by atoms with E-state index in [9.17, 15) is 4.79 Å². The van der Waals surface area contributed by atoms with E-state index in [1.54, 1.807) is 6.20 Å². The molecule has 1 aliphatic heterocycles. The van der Waals surface area contributed by atoms with Gasteiger partial charge < -0.3 is 10.6 Å². The molecule has 1 spiro atoms. The molecule has 19 heavy (non-hydrogen) atoms. The average molecular weight is 280 g/mol. The molecule has 1 aliphatic carbocycles. The van der Waals surface area contributed by atoms with E-state index in [-0.39, 0.29) is 17.2 Å². The molecule has 5 heteroatoms. The Bertz CT molecular complexity index is 491. The number of rotatable bonds is 2. The van der Waals surface area contributed by atoms with E-state index in [1.165, 1.54) is 0 Å². The van der Waals surface area contributed by atoms with Gasteiger partial charge >= 0.3 is 0 Å². The van der Waals surface area contributed by atoms with Crippen molar-refractivity contribution in [3.05, 3.63) is 23.0 Å². The standard InChI is InChI=1S/C14H18ClN3O/c1-9-2-5-17-12(15)11(9)18-13(19)10-8-14(10)3-6-16-7-4-14/h2,5,10,16H,3-4,6-8H2,1H3,(H,18,19). The maximum Gasteiger partial charge on any atom is 0.228 e. The third kappa shape index (κ3) is 2.35. The van der Waals surface area contributed by atoms with Crippen LogP contribution >= 0.6 is 11.6 Å². The monoisotopic (exact) mass is 279 g/mol. The minimum Gasteiger partial charge on any atom is -0.323 e. The minimum absolute atomic E-state index is 0.0971. The van der Waals surface area contributed by atoms with Crippen LogP contribution in [0.1, 0.15) is 24.8 Å². The Morgan fingerprint density at radius 2 is 2.26 bits per heavy atom. The summed E-state index contributed by atoms with van der Waals surface area (Å²) < 4.78 is 0. The topological polar surface area (TPSA) is 54.0 Å². The van der Waals surface area contributed by atoms with Crippen LogP contribution in [-0.2, 0) is 4.79 Å². The third-order valence-corrected chi connectivity index (χ3v) is 4.75. The predicted octanol–water partition coefficient (Wildman–Crippen LogP) is 2.37. The first kappa shape index (κ1) is 12.9. The molecular weight excluding hydrogens is 262 g/mol. The molecule has 2 aliphatic rings. The Morgan fingerprint density at radius 1 is 1.53 bits per heavy atom. The van der Waals surface area contributed by atoms with Crippen LogP contribution < -0.4 is 10.6 Å². The summed E-state index contributed by atoms with van der Waals surface area (Å²) >= 11 is 6.04. The van der Waals surface area contributed by atoms with Gasteiger partial charge in [0, 0.05) is 12.1 Å². The van der Waals surface area contributed by atoms with E-state index in [0.717, 1.165) is 37.9 Å². The van der Waals surface area contributed by atoms with E-state index >= 15 is 0 Å². The van der Waals surface area contributed by atoms with Crippen LogP contribution in [0.5, 0.6) is 0 Å². The van der Waals surface area contributed by atoms with Gasteiger partial charge in [0.1, 0.15) is 0 Å². The van der Waals surface area contributed by atoms with E-state index in [2.05, 4.69) is 15.6 Å². The molecule has 102 valence electrons. The summed E-state index contributed by atoms with van der Waals surface area (Å²) in [5.41, 5.74) is 1.86. The number of pyridine rings is 1. The summed E-state index contributed by atoms with van der Waals surface area (Å²) in [4.78, 5) is 16.4. The third-order valence-electron chi connectivity index (χ3n) is 4.47. The van der Waals surface area contributed by atoms with Crippen molar-refractivity contribution in [3.63, 3.8) is 0 Å². The normalized spacial score (nSPS) is 24.2. The SMILES string of the molecule is Cc1ccnc(Cl)c1NC(=O)C1CC12CCNCC2. The van der Waals surface area contributed by atoms with Gasteiger partial charge in [-0.25, -0.2) is 4.98 Å². The molecule has 1 amide bonds. The number of hydrogen-bond donors (Lipinski definition) is 2. The van der Waals surface area contributed by atoms with Gasteiger partial charge in [-0.05, 0) is 56.3 Å². The zero-order valence-electron chi connectivity index (χ0n) is 11.0. The number of amides is 1. The highest BCUT2D eigenvalue weighted by molar-refractivity contribution is 6.32. The van der Waals surface area contributed by atoms with Crippen LogP contribution in [0.3, 0.4) is 0 Å². The van der Waals surface area contributed by atoms with Gasteiger partial charge in [0.2, 0.25) is 5.91 Å². The predicted molar refractivity (Wildman–Crippen MR) is 75.3 cm³/mol. The molecule has 1 saturated heterocycles. The number of nitrogens with one attached hydrogen (secondary N) is 2. The fraction of sp³-hybridized carbons (Fsp3) is 0.571. The molecule has 1 atom stereocenters. The lowest BCUT2D eigenvalue weighted by Crippen LogP contribution is -2.31. The van der Waals surface area contributed by atoms with Gasteiger partial charge in [0.15, 0.2) is 5.15 Å².